The number of amides is 1. The minimum Gasteiger partial charge on any atom is -0.445 e. The summed E-state index contributed by atoms with van der Waals surface area (Å²) in [6, 6.07) is 10.1. The van der Waals surface area contributed by atoms with Crippen LogP contribution in [0, 0.1) is 40.9 Å². The van der Waals surface area contributed by atoms with Gasteiger partial charge < -0.3 is 19.6 Å². The molecule has 2 heterocycles. The number of piperidine rings is 1. The van der Waals surface area contributed by atoms with Gasteiger partial charge in [0.2, 0.25) is 0 Å². The maximum Gasteiger partial charge on any atom is 0.410 e. The van der Waals surface area contributed by atoms with E-state index in [-0.39, 0.29) is 29.8 Å². The predicted molar refractivity (Wildman–Crippen MR) is 163 cm³/mol. The van der Waals surface area contributed by atoms with Crippen LogP contribution in [0.1, 0.15) is 97.5 Å². The zero-order chi connectivity index (χ0) is 29.2. The summed E-state index contributed by atoms with van der Waals surface area (Å²) < 4.78 is 13.1. The average Bonchev–Trinajstić information content (AvgIpc) is 3.45. The smallest absolute Gasteiger partial charge is 0.410 e. The lowest BCUT2D eigenvalue weighted by Gasteiger charge is -2.52. The minimum atomic E-state index is -0.202. The highest BCUT2D eigenvalue weighted by molar-refractivity contribution is 5.85. The molecule has 1 amide bonds. The van der Waals surface area contributed by atoms with E-state index in [1.165, 1.54) is 32.1 Å². The third kappa shape index (κ3) is 4.53. The molecule has 0 radical (unpaired) electrons. The van der Waals surface area contributed by atoms with Crippen molar-refractivity contribution in [1.82, 2.24) is 4.90 Å². The molecule has 0 unspecified atom stereocenters. The number of ether oxygens (including phenoxy) is 2. The Hall–Kier alpha value is -2.34. The number of oxime groups is 1. The molecule has 0 aromatic heterocycles. The Balaban J connectivity index is 1.10. The van der Waals surface area contributed by atoms with Crippen molar-refractivity contribution < 1.29 is 19.5 Å². The number of hydrogen-bond donors (Lipinski definition) is 1. The lowest BCUT2D eigenvalue weighted by molar-refractivity contribution is -0.0794. The van der Waals surface area contributed by atoms with Crippen molar-refractivity contribution in [3.8, 4) is 0 Å². The number of allylic oxidation sites excluding steroid dienone is 1. The second-order valence-corrected chi connectivity index (χ2v) is 15.3. The van der Waals surface area contributed by atoms with E-state index in [2.05, 4.69) is 32.9 Å². The van der Waals surface area contributed by atoms with Crippen molar-refractivity contribution in [2.45, 2.75) is 116 Å². The van der Waals surface area contributed by atoms with Crippen LogP contribution in [0.5, 0.6) is 0 Å². The second kappa shape index (κ2) is 10.7. The number of carbonyl (C=O) groups is 1. The number of rotatable bonds is 2. The maximum absolute atomic E-state index is 13.5. The highest BCUT2D eigenvalue weighted by atomic mass is 16.6. The molecule has 1 aromatic carbocycles. The summed E-state index contributed by atoms with van der Waals surface area (Å²) in [6.45, 7) is 10.6. The Morgan fingerprint density at radius 1 is 1.14 bits per heavy atom. The second-order valence-electron chi connectivity index (χ2n) is 15.3. The van der Waals surface area contributed by atoms with Gasteiger partial charge in [-0.1, -0.05) is 67.4 Å². The van der Waals surface area contributed by atoms with Crippen molar-refractivity contribution in [2.75, 3.05) is 6.54 Å². The molecular weight excluding hydrogens is 524 g/mol. The first-order valence-corrected chi connectivity index (χ1v) is 16.8. The standard InChI is InChI=1S/C36H50N2O4/c1-22-16-32-33(38(20-22)34(39)41-21-25-8-6-5-7-9-25)24(3)36(42-32)15-13-28-29-11-10-26-17-27(37-40)12-14-35(26,4)31(29)18-30(28)23(2)19-36/h5-9,22,24,26,28-29,31-33,40H,10-21H2,1-4H3/b37-27+/t22-,24+,26+,28-,29-,31-,32+,33-,35-,36-/m0/s1. The van der Waals surface area contributed by atoms with E-state index in [1.807, 2.05) is 35.2 Å². The third-order valence-corrected chi connectivity index (χ3v) is 13.2. The van der Waals surface area contributed by atoms with E-state index in [0.29, 0.717) is 29.8 Å². The molecule has 0 bridgehead atoms. The molecular formula is C36H50N2O4. The summed E-state index contributed by atoms with van der Waals surface area (Å²) in [5, 5.41) is 13.1. The zero-order valence-electron chi connectivity index (χ0n) is 26.1. The van der Waals surface area contributed by atoms with Crippen molar-refractivity contribution in [3.05, 3.63) is 47.0 Å². The summed E-state index contributed by atoms with van der Waals surface area (Å²) in [4.78, 5) is 15.6. The van der Waals surface area contributed by atoms with Gasteiger partial charge in [-0.25, -0.2) is 4.79 Å². The monoisotopic (exact) mass is 574 g/mol. The number of nitrogens with zero attached hydrogens (tertiary/aromatic N) is 2. The fourth-order valence-corrected chi connectivity index (χ4v) is 11.0. The SMILES string of the molecule is CC1=C2C[C@H]3[C@@H](CC[C@@H]4C/C(=N/O)CC[C@@]43C)[C@@H]2CC[C@@]2(C1)O[C@@H]1C[C@H](C)CN(C(=O)OCc3ccccc3)[C@H]1[C@H]2C. The van der Waals surface area contributed by atoms with Gasteiger partial charge in [0.05, 0.1) is 23.5 Å². The first-order chi connectivity index (χ1) is 20.2. The molecule has 1 aromatic rings. The highest BCUT2D eigenvalue weighted by Gasteiger charge is 2.60. The first kappa shape index (κ1) is 28.4. The third-order valence-electron chi connectivity index (χ3n) is 13.2. The molecule has 6 nitrogen and oxygen atoms in total. The molecule has 1 spiro atoms. The molecule has 7 rings (SSSR count). The molecule has 228 valence electrons. The van der Waals surface area contributed by atoms with Gasteiger partial charge in [-0.3, -0.25) is 0 Å². The Kier molecular flexibility index (Phi) is 7.23. The van der Waals surface area contributed by atoms with Gasteiger partial charge in [0, 0.05) is 12.5 Å². The van der Waals surface area contributed by atoms with Gasteiger partial charge in [-0.2, -0.15) is 0 Å². The molecule has 10 atom stereocenters. The Morgan fingerprint density at radius 3 is 2.74 bits per heavy atom. The fourth-order valence-electron chi connectivity index (χ4n) is 11.0. The van der Waals surface area contributed by atoms with Crippen LogP contribution in [-0.2, 0) is 16.1 Å². The lowest BCUT2D eigenvalue weighted by Crippen LogP contribution is -2.54. The molecule has 2 saturated heterocycles. The minimum absolute atomic E-state index is 0.0759. The van der Waals surface area contributed by atoms with Crippen LogP contribution in [0.3, 0.4) is 0 Å². The van der Waals surface area contributed by atoms with E-state index in [0.717, 1.165) is 61.8 Å². The Bertz CT molecular complexity index is 1260. The number of carbonyl (C=O) groups excluding carboxylic acids is 1. The molecule has 2 aliphatic heterocycles. The molecule has 6 heteroatoms. The molecule has 4 aliphatic carbocycles. The zero-order valence-corrected chi connectivity index (χ0v) is 26.1. The summed E-state index contributed by atoms with van der Waals surface area (Å²) >= 11 is 0. The van der Waals surface area contributed by atoms with Crippen LogP contribution in [-0.4, -0.2) is 46.2 Å². The quantitative estimate of drug-likeness (QED) is 0.221. The topological polar surface area (TPSA) is 71.4 Å². The van der Waals surface area contributed by atoms with Gasteiger partial charge in [-0.15, -0.1) is 0 Å². The van der Waals surface area contributed by atoms with Crippen molar-refractivity contribution in [3.63, 3.8) is 0 Å². The fraction of sp³-hybridized carbons (Fsp3) is 0.722. The van der Waals surface area contributed by atoms with Gasteiger partial charge >= 0.3 is 6.09 Å². The van der Waals surface area contributed by atoms with Gasteiger partial charge in [0.25, 0.3) is 0 Å². The molecule has 42 heavy (non-hydrogen) atoms. The van der Waals surface area contributed by atoms with Gasteiger partial charge in [0.1, 0.15) is 6.61 Å². The predicted octanol–water partition coefficient (Wildman–Crippen LogP) is 7.99. The van der Waals surface area contributed by atoms with Crippen LogP contribution in [0.25, 0.3) is 0 Å². The summed E-state index contributed by atoms with van der Waals surface area (Å²) in [5.74, 6) is 3.51. The van der Waals surface area contributed by atoms with Crippen LogP contribution in [0.15, 0.2) is 46.6 Å². The largest absolute Gasteiger partial charge is 0.445 e. The summed E-state index contributed by atoms with van der Waals surface area (Å²) in [7, 11) is 0. The van der Waals surface area contributed by atoms with E-state index < -0.39 is 0 Å². The molecule has 5 fully saturated rings. The van der Waals surface area contributed by atoms with E-state index in [9.17, 15) is 10.0 Å². The summed E-state index contributed by atoms with van der Waals surface area (Å²) in [5.41, 5.74) is 5.50. The Morgan fingerprint density at radius 2 is 1.95 bits per heavy atom. The normalized spacial score (nSPS) is 43.9. The van der Waals surface area contributed by atoms with Crippen LogP contribution in [0.4, 0.5) is 4.79 Å². The van der Waals surface area contributed by atoms with Crippen molar-refractivity contribution in [1.29, 1.82) is 0 Å². The van der Waals surface area contributed by atoms with Crippen LogP contribution in [0.2, 0.25) is 0 Å². The molecule has 1 N–H and O–H groups in total. The van der Waals surface area contributed by atoms with Crippen LogP contribution < -0.4 is 0 Å². The number of fused-ring (bicyclic) bond motifs is 6. The number of hydrogen-bond acceptors (Lipinski definition) is 5. The van der Waals surface area contributed by atoms with Gasteiger partial charge in [0.15, 0.2) is 0 Å². The lowest BCUT2D eigenvalue weighted by atomic mass is 9.52. The highest BCUT2D eigenvalue weighted by Crippen LogP contribution is 2.65. The average molecular weight is 575 g/mol. The van der Waals surface area contributed by atoms with Crippen molar-refractivity contribution >= 4 is 11.8 Å². The maximum atomic E-state index is 13.5. The summed E-state index contributed by atoms with van der Waals surface area (Å²) in [6.07, 6.45) is 11.1. The van der Waals surface area contributed by atoms with Crippen molar-refractivity contribution in [2.24, 2.45) is 46.1 Å². The van der Waals surface area contributed by atoms with E-state index >= 15 is 0 Å². The van der Waals surface area contributed by atoms with Crippen LogP contribution >= 0.6 is 0 Å². The van der Waals surface area contributed by atoms with Gasteiger partial charge in [-0.05, 0) is 112 Å². The first-order valence-electron chi connectivity index (χ1n) is 16.8. The number of benzene rings is 1. The molecule has 6 aliphatic rings. The van der Waals surface area contributed by atoms with E-state index in [4.69, 9.17) is 9.47 Å². The molecule has 3 saturated carbocycles. The Labute approximate surface area is 251 Å². The number of likely N-dealkylation sites (tertiary alicyclic amines) is 1. The van der Waals surface area contributed by atoms with E-state index in [1.54, 1.807) is 11.1 Å².